The van der Waals surface area contributed by atoms with E-state index in [0.29, 0.717) is 58.0 Å². The van der Waals surface area contributed by atoms with Crippen LogP contribution in [0, 0.1) is 17.6 Å². The summed E-state index contributed by atoms with van der Waals surface area (Å²) in [4.78, 5) is 21.2. The molecule has 12 nitrogen and oxygen atoms in total. The van der Waals surface area contributed by atoms with E-state index in [4.69, 9.17) is 15.0 Å². The van der Waals surface area contributed by atoms with Gasteiger partial charge >= 0.3 is 5.69 Å². The lowest BCUT2D eigenvalue weighted by molar-refractivity contribution is -0.0206. The van der Waals surface area contributed by atoms with Gasteiger partial charge in [-0.15, -0.1) is 0 Å². The molecule has 2 aliphatic heterocycles. The predicted molar refractivity (Wildman–Crippen MR) is 187 cm³/mol. The minimum atomic E-state index is -1.07. The van der Waals surface area contributed by atoms with Crippen molar-refractivity contribution < 1.29 is 28.8 Å². The Labute approximate surface area is 300 Å². The van der Waals surface area contributed by atoms with E-state index in [1.54, 1.807) is 11.6 Å². The molecule has 51 heavy (non-hydrogen) atoms. The van der Waals surface area contributed by atoms with E-state index in [-0.39, 0.29) is 53.6 Å². The highest BCUT2D eigenvalue weighted by atomic mass is 19.1. The summed E-state index contributed by atoms with van der Waals surface area (Å²) in [6.45, 7) is 6.18. The molecule has 268 valence electrons. The summed E-state index contributed by atoms with van der Waals surface area (Å²) >= 11 is 0. The molecule has 4 atom stereocenters. The Morgan fingerprint density at radius 3 is 2.35 bits per heavy atom. The minimum absolute atomic E-state index is 0.0747. The van der Waals surface area contributed by atoms with Crippen molar-refractivity contribution in [2.45, 2.75) is 51.0 Å². The maximum atomic E-state index is 15.0. The Balaban J connectivity index is 0.985. The van der Waals surface area contributed by atoms with Crippen LogP contribution in [0.15, 0.2) is 90.4 Å². The molecule has 0 bridgehead atoms. The van der Waals surface area contributed by atoms with Crippen LogP contribution < -0.4 is 20.2 Å². The van der Waals surface area contributed by atoms with Gasteiger partial charge in [0.15, 0.2) is 0 Å². The molecule has 0 spiro atoms. The lowest BCUT2D eigenvalue weighted by Gasteiger charge is -2.37. The molecule has 2 fully saturated rings. The number of ether oxygens (including phenoxy) is 2. The van der Waals surface area contributed by atoms with Gasteiger partial charge in [-0.3, -0.25) is 0 Å². The van der Waals surface area contributed by atoms with Crippen molar-refractivity contribution in [2.24, 2.45) is 5.92 Å². The van der Waals surface area contributed by atoms with E-state index in [9.17, 15) is 14.3 Å². The van der Waals surface area contributed by atoms with Crippen LogP contribution in [0.5, 0.6) is 5.75 Å². The third-order valence-electron chi connectivity index (χ3n) is 9.63. The minimum Gasteiger partial charge on any atom is -0.493 e. The van der Waals surface area contributed by atoms with E-state index in [2.05, 4.69) is 20.1 Å². The smallest absolute Gasteiger partial charge is 0.350 e. The first-order valence-corrected chi connectivity index (χ1v) is 17.0. The van der Waals surface area contributed by atoms with Crippen molar-refractivity contribution in [1.82, 2.24) is 29.1 Å². The normalized spacial score (nSPS) is 21.5. The largest absolute Gasteiger partial charge is 0.493 e. The lowest BCUT2D eigenvalue weighted by atomic mass is 9.87. The van der Waals surface area contributed by atoms with Gasteiger partial charge < -0.3 is 24.4 Å². The molecule has 3 aromatic carbocycles. The van der Waals surface area contributed by atoms with Crippen LogP contribution in [0.1, 0.15) is 43.8 Å². The zero-order valence-corrected chi connectivity index (χ0v) is 28.4. The fourth-order valence-electron chi connectivity index (χ4n) is 6.94. The van der Waals surface area contributed by atoms with Crippen LogP contribution in [-0.2, 0) is 16.9 Å². The lowest BCUT2D eigenvalue weighted by Crippen LogP contribution is -2.46. The Hall–Kier alpha value is -5.08. The highest BCUT2D eigenvalue weighted by molar-refractivity contribution is 5.54. The van der Waals surface area contributed by atoms with Crippen molar-refractivity contribution in [3.05, 3.63) is 113 Å². The standard InChI is InChI=1S/C37H42F2N8O4/c1-3-35(26(2)48)47-36(49)46(25-42-47)31-7-5-29(6-8-31)43-14-16-44(17-15-43)30-9-11-32(12-10-30)50-20-27-19-37(51-21-27,22-45-24-40-23-41-45)33-13-4-28(38)18-34(33)39/h4-13,18,23-27,35,48H,3,14-17,19-22H2,1-2H3/i5D,6D,7D,8D. The van der Waals surface area contributed by atoms with Crippen molar-refractivity contribution in [3.63, 3.8) is 0 Å². The molecule has 7 rings (SSSR count). The second-order valence-corrected chi connectivity index (χ2v) is 13.0. The quantitative estimate of drug-likeness (QED) is 0.200. The first-order chi connectivity index (χ1) is 26.4. The SMILES string of the molecule is [2H]c1c([2H])c(-n2cnn(C(CC)C(C)O)c2=O)c([2H])c([2H])c1N1CCN(c2ccc(OCC3COC(Cn4cncn4)(c4ccc(F)cc4F)C3)cc2)CC1. The third kappa shape index (κ3) is 7.24. The Morgan fingerprint density at radius 1 is 1.00 bits per heavy atom. The number of benzene rings is 3. The number of piperazine rings is 1. The van der Waals surface area contributed by atoms with E-state index in [0.717, 1.165) is 21.0 Å². The van der Waals surface area contributed by atoms with E-state index in [1.807, 2.05) is 36.1 Å². The molecule has 0 radical (unpaired) electrons. The number of halogens is 2. The van der Waals surface area contributed by atoms with Crippen LogP contribution in [0.3, 0.4) is 0 Å². The fourth-order valence-corrected chi connectivity index (χ4v) is 6.94. The van der Waals surface area contributed by atoms with Crippen LogP contribution >= 0.6 is 0 Å². The summed E-state index contributed by atoms with van der Waals surface area (Å²) in [6.07, 6.45) is 4.09. The van der Waals surface area contributed by atoms with Gasteiger partial charge in [-0.25, -0.2) is 32.5 Å². The highest BCUT2D eigenvalue weighted by Gasteiger charge is 2.44. The van der Waals surface area contributed by atoms with Crippen molar-refractivity contribution in [3.8, 4) is 11.4 Å². The Kier molecular flexibility index (Phi) is 8.51. The Morgan fingerprint density at radius 2 is 1.71 bits per heavy atom. The molecule has 0 aliphatic carbocycles. The predicted octanol–water partition coefficient (Wildman–Crippen LogP) is 4.57. The number of aliphatic hydroxyl groups excluding tert-OH is 1. The second kappa shape index (κ2) is 14.6. The van der Waals surface area contributed by atoms with E-state index >= 15 is 4.39 Å². The Bertz CT molecular complexity index is 2170. The molecule has 0 amide bonds. The van der Waals surface area contributed by atoms with E-state index in [1.165, 1.54) is 31.1 Å². The van der Waals surface area contributed by atoms with Gasteiger partial charge in [0.1, 0.15) is 42.0 Å². The maximum Gasteiger partial charge on any atom is 0.350 e. The van der Waals surface area contributed by atoms with Gasteiger partial charge in [0.2, 0.25) is 0 Å². The molecule has 4 unspecified atom stereocenters. The number of aliphatic hydroxyl groups is 1. The number of nitrogens with zero attached hydrogens (tertiary/aromatic N) is 8. The van der Waals surface area contributed by atoms with Gasteiger partial charge in [-0.2, -0.15) is 10.2 Å². The van der Waals surface area contributed by atoms with Gasteiger partial charge in [0, 0.05) is 55.1 Å². The van der Waals surface area contributed by atoms with Crippen LogP contribution in [-0.4, -0.2) is 79.7 Å². The molecule has 2 aromatic heterocycles. The van der Waals surface area contributed by atoms with Gasteiger partial charge in [-0.05, 0) is 74.3 Å². The molecule has 14 heteroatoms. The van der Waals surface area contributed by atoms with E-state index < -0.39 is 35.1 Å². The number of hydrogen-bond donors (Lipinski definition) is 1. The van der Waals surface area contributed by atoms with Gasteiger partial charge in [0.25, 0.3) is 0 Å². The van der Waals surface area contributed by atoms with Crippen molar-refractivity contribution in [2.75, 3.05) is 49.2 Å². The topological polar surface area (TPSA) is 116 Å². The second-order valence-electron chi connectivity index (χ2n) is 13.0. The molecule has 2 saturated heterocycles. The number of anilines is 2. The third-order valence-corrected chi connectivity index (χ3v) is 9.63. The summed E-state index contributed by atoms with van der Waals surface area (Å²) in [5, 5.41) is 18.4. The highest BCUT2D eigenvalue weighted by Crippen LogP contribution is 2.42. The summed E-state index contributed by atoms with van der Waals surface area (Å²) in [6, 6.07) is 9.32. The van der Waals surface area contributed by atoms with Crippen LogP contribution in [0.4, 0.5) is 20.2 Å². The summed E-state index contributed by atoms with van der Waals surface area (Å²) in [7, 11) is 0. The first kappa shape index (κ1) is 29.6. The number of rotatable bonds is 12. The van der Waals surface area contributed by atoms with Crippen LogP contribution in [0.2, 0.25) is 0 Å². The molecule has 0 saturated carbocycles. The first-order valence-electron chi connectivity index (χ1n) is 19.0. The molecular formula is C37H42F2N8O4. The molecule has 2 aliphatic rings. The molecular weight excluding hydrogens is 658 g/mol. The zero-order valence-electron chi connectivity index (χ0n) is 32.4. The molecule has 1 N–H and O–H groups in total. The van der Waals surface area contributed by atoms with Gasteiger partial charge in [-0.1, -0.05) is 13.0 Å². The van der Waals surface area contributed by atoms with Crippen molar-refractivity contribution in [1.29, 1.82) is 0 Å². The molecule has 4 heterocycles. The summed E-state index contributed by atoms with van der Waals surface area (Å²) in [5.74, 6) is -0.778. The maximum absolute atomic E-state index is 15.0. The average molecular weight is 705 g/mol. The fraction of sp³-hybridized carbons (Fsp3) is 0.405. The monoisotopic (exact) mass is 704 g/mol. The average Bonchev–Trinajstić information content (AvgIpc) is 3.93. The number of hydrogen-bond acceptors (Lipinski definition) is 9. The zero-order chi connectivity index (χ0) is 39.0. The van der Waals surface area contributed by atoms with Gasteiger partial charge in [0.05, 0.1) is 43.1 Å². The van der Waals surface area contributed by atoms with Crippen LogP contribution in [0.25, 0.3) is 5.69 Å². The summed E-state index contributed by atoms with van der Waals surface area (Å²) in [5.41, 5.74) is -0.541. The molecule has 5 aromatic rings. The van der Waals surface area contributed by atoms with Crippen molar-refractivity contribution >= 4 is 11.4 Å². The number of aromatic nitrogens is 6. The summed E-state index contributed by atoms with van der Waals surface area (Å²) < 4.78 is 79.9.